The molecule has 0 aliphatic carbocycles. The topological polar surface area (TPSA) is 85.1 Å². The molecule has 0 amide bonds. The SMILES string of the molecule is Cc1cc(C)cc(Nc2ccnc(N[C@@H]3CCOC[C@@H]3N)n2)c1. The molecule has 0 radical (unpaired) electrons. The van der Waals surface area contributed by atoms with Gasteiger partial charge in [-0.3, -0.25) is 0 Å². The lowest BCUT2D eigenvalue weighted by Gasteiger charge is -2.29. The quantitative estimate of drug-likeness (QED) is 0.803. The lowest BCUT2D eigenvalue weighted by Crippen LogP contribution is -2.47. The van der Waals surface area contributed by atoms with Crippen LogP contribution in [-0.4, -0.2) is 35.3 Å². The molecule has 0 spiro atoms. The van der Waals surface area contributed by atoms with Crippen molar-refractivity contribution in [2.75, 3.05) is 23.8 Å². The minimum Gasteiger partial charge on any atom is -0.380 e. The standard InChI is InChI=1S/C17H23N5O/c1-11-7-12(2)9-13(8-11)20-16-3-5-19-17(22-16)21-15-4-6-23-10-14(15)18/h3,5,7-9,14-15H,4,6,10,18H2,1-2H3,(H2,19,20,21,22)/t14-,15+/m0/s1. The van der Waals surface area contributed by atoms with Crippen molar-refractivity contribution in [2.45, 2.75) is 32.4 Å². The minimum atomic E-state index is -0.0385. The second-order valence-corrected chi connectivity index (χ2v) is 6.05. The molecule has 2 aromatic rings. The number of anilines is 3. The summed E-state index contributed by atoms with van der Waals surface area (Å²) in [6.45, 7) is 5.44. The van der Waals surface area contributed by atoms with Crippen LogP contribution in [0.4, 0.5) is 17.5 Å². The van der Waals surface area contributed by atoms with Gasteiger partial charge in [-0.15, -0.1) is 0 Å². The molecule has 0 unspecified atom stereocenters. The van der Waals surface area contributed by atoms with Crippen molar-refractivity contribution in [3.63, 3.8) is 0 Å². The maximum absolute atomic E-state index is 6.06. The van der Waals surface area contributed by atoms with E-state index in [2.05, 4.69) is 52.6 Å². The number of benzene rings is 1. The van der Waals surface area contributed by atoms with Gasteiger partial charge in [-0.25, -0.2) is 4.98 Å². The van der Waals surface area contributed by atoms with Crippen LogP contribution in [0.1, 0.15) is 17.5 Å². The normalized spacial score (nSPS) is 21.0. The zero-order chi connectivity index (χ0) is 16.2. The summed E-state index contributed by atoms with van der Waals surface area (Å²) in [7, 11) is 0. The van der Waals surface area contributed by atoms with Gasteiger partial charge < -0.3 is 21.1 Å². The van der Waals surface area contributed by atoms with Crippen molar-refractivity contribution >= 4 is 17.5 Å². The first-order chi connectivity index (χ1) is 11.1. The third-order valence-electron chi connectivity index (χ3n) is 3.86. The van der Waals surface area contributed by atoms with Crippen molar-refractivity contribution in [3.05, 3.63) is 41.6 Å². The Hall–Kier alpha value is -2.18. The lowest BCUT2D eigenvalue weighted by atomic mass is 10.1. The Balaban J connectivity index is 1.71. The van der Waals surface area contributed by atoms with Gasteiger partial charge in [-0.05, 0) is 49.6 Å². The summed E-state index contributed by atoms with van der Waals surface area (Å²) in [5.41, 5.74) is 9.52. The smallest absolute Gasteiger partial charge is 0.224 e. The van der Waals surface area contributed by atoms with Crippen LogP contribution in [-0.2, 0) is 4.74 Å². The number of rotatable bonds is 4. The molecule has 2 heterocycles. The molecular formula is C17H23N5O. The van der Waals surface area contributed by atoms with Crippen molar-refractivity contribution in [1.29, 1.82) is 0 Å². The monoisotopic (exact) mass is 313 g/mol. The number of ether oxygens (including phenoxy) is 1. The van der Waals surface area contributed by atoms with E-state index in [4.69, 9.17) is 10.5 Å². The highest BCUT2D eigenvalue weighted by Gasteiger charge is 2.22. The van der Waals surface area contributed by atoms with Crippen LogP contribution in [0.3, 0.4) is 0 Å². The average Bonchev–Trinajstić information content (AvgIpc) is 2.49. The molecule has 1 aromatic carbocycles. The second kappa shape index (κ2) is 6.93. The van der Waals surface area contributed by atoms with Gasteiger partial charge in [0, 0.05) is 30.6 Å². The van der Waals surface area contributed by atoms with Gasteiger partial charge in [0.15, 0.2) is 0 Å². The van der Waals surface area contributed by atoms with E-state index in [9.17, 15) is 0 Å². The van der Waals surface area contributed by atoms with Crippen LogP contribution in [0, 0.1) is 13.8 Å². The van der Waals surface area contributed by atoms with E-state index in [1.807, 2.05) is 6.07 Å². The molecule has 4 N–H and O–H groups in total. The molecule has 1 fully saturated rings. The first kappa shape index (κ1) is 15.7. The van der Waals surface area contributed by atoms with Crippen LogP contribution in [0.5, 0.6) is 0 Å². The Morgan fingerprint density at radius 2 is 2.00 bits per heavy atom. The summed E-state index contributed by atoms with van der Waals surface area (Å²) < 4.78 is 5.36. The summed E-state index contributed by atoms with van der Waals surface area (Å²) in [4.78, 5) is 8.81. The second-order valence-electron chi connectivity index (χ2n) is 6.05. The van der Waals surface area contributed by atoms with Crippen LogP contribution < -0.4 is 16.4 Å². The van der Waals surface area contributed by atoms with Gasteiger partial charge >= 0.3 is 0 Å². The Morgan fingerprint density at radius 1 is 1.22 bits per heavy atom. The van der Waals surface area contributed by atoms with Crippen LogP contribution in [0.15, 0.2) is 30.5 Å². The molecule has 1 aliphatic rings. The van der Waals surface area contributed by atoms with Crippen LogP contribution >= 0.6 is 0 Å². The van der Waals surface area contributed by atoms with E-state index in [-0.39, 0.29) is 12.1 Å². The Labute approximate surface area is 136 Å². The molecule has 2 atom stereocenters. The largest absolute Gasteiger partial charge is 0.380 e. The Morgan fingerprint density at radius 3 is 2.74 bits per heavy atom. The third-order valence-corrected chi connectivity index (χ3v) is 3.86. The molecule has 1 saturated heterocycles. The van der Waals surface area contributed by atoms with E-state index in [1.54, 1.807) is 6.20 Å². The minimum absolute atomic E-state index is 0.0385. The zero-order valence-electron chi connectivity index (χ0n) is 13.5. The summed E-state index contributed by atoms with van der Waals surface area (Å²) in [5, 5.41) is 6.64. The Kier molecular flexibility index (Phi) is 4.73. The molecule has 0 saturated carbocycles. The average molecular weight is 313 g/mol. The van der Waals surface area contributed by atoms with Crippen LogP contribution in [0.2, 0.25) is 0 Å². The molecule has 122 valence electrons. The van der Waals surface area contributed by atoms with E-state index >= 15 is 0 Å². The molecule has 6 heteroatoms. The van der Waals surface area contributed by atoms with E-state index in [0.29, 0.717) is 19.2 Å². The first-order valence-electron chi connectivity index (χ1n) is 7.88. The van der Waals surface area contributed by atoms with Gasteiger partial charge in [0.05, 0.1) is 6.61 Å². The van der Waals surface area contributed by atoms with Crippen molar-refractivity contribution in [1.82, 2.24) is 9.97 Å². The predicted molar refractivity (Wildman–Crippen MR) is 92.1 cm³/mol. The van der Waals surface area contributed by atoms with Gasteiger partial charge in [-0.2, -0.15) is 4.98 Å². The molecule has 1 aliphatic heterocycles. The fourth-order valence-corrected chi connectivity index (χ4v) is 2.80. The van der Waals surface area contributed by atoms with E-state index in [1.165, 1.54) is 11.1 Å². The zero-order valence-corrected chi connectivity index (χ0v) is 13.5. The van der Waals surface area contributed by atoms with Crippen molar-refractivity contribution in [2.24, 2.45) is 5.73 Å². The molecule has 0 bridgehead atoms. The molecule has 23 heavy (non-hydrogen) atoms. The third kappa shape index (κ3) is 4.18. The molecule has 1 aromatic heterocycles. The summed E-state index contributed by atoms with van der Waals surface area (Å²) in [6.07, 6.45) is 2.60. The lowest BCUT2D eigenvalue weighted by molar-refractivity contribution is 0.0751. The number of aromatic nitrogens is 2. The van der Waals surface area contributed by atoms with Gasteiger partial charge in [0.1, 0.15) is 5.82 Å². The summed E-state index contributed by atoms with van der Waals surface area (Å²) in [5.74, 6) is 1.34. The first-order valence-corrected chi connectivity index (χ1v) is 7.88. The number of hydrogen-bond donors (Lipinski definition) is 3. The molecule has 3 rings (SSSR count). The van der Waals surface area contributed by atoms with E-state index in [0.717, 1.165) is 17.9 Å². The number of aryl methyl sites for hydroxylation is 2. The van der Waals surface area contributed by atoms with Gasteiger partial charge in [0.2, 0.25) is 5.95 Å². The van der Waals surface area contributed by atoms with Crippen molar-refractivity contribution < 1.29 is 4.74 Å². The van der Waals surface area contributed by atoms with Gasteiger partial charge in [0.25, 0.3) is 0 Å². The highest BCUT2D eigenvalue weighted by Crippen LogP contribution is 2.19. The van der Waals surface area contributed by atoms with Crippen LogP contribution in [0.25, 0.3) is 0 Å². The fourth-order valence-electron chi connectivity index (χ4n) is 2.80. The van der Waals surface area contributed by atoms with Gasteiger partial charge in [-0.1, -0.05) is 6.07 Å². The highest BCUT2D eigenvalue weighted by molar-refractivity contribution is 5.59. The summed E-state index contributed by atoms with van der Waals surface area (Å²) >= 11 is 0. The molecular weight excluding hydrogens is 290 g/mol. The Bertz CT molecular complexity index is 656. The molecule has 6 nitrogen and oxygen atoms in total. The maximum Gasteiger partial charge on any atom is 0.224 e. The number of nitrogens with one attached hydrogen (secondary N) is 2. The highest BCUT2D eigenvalue weighted by atomic mass is 16.5. The maximum atomic E-state index is 6.06. The number of nitrogens with two attached hydrogens (primary N) is 1. The number of nitrogens with zero attached hydrogens (tertiary/aromatic N) is 2. The summed E-state index contributed by atoms with van der Waals surface area (Å²) in [6, 6.07) is 8.29. The predicted octanol–water partition coefficient (Wildman–Crippen LogP) is 2.37. The fraction of sp³-hybridized carbons (Fsp3) is 0.412. The van der Waals surface area contributed by atoms with Crippen molar-refractivity contribution in [3.8, 4) is 0 Å². The number of hydrogen-bond acceptors (Lipinski definition) is 6. The van der Waals surface area contributed by atoms with E-state index < -0.39 is 0 Å².